The first-order chi connectivity index (χ1) is 17.4. The van der Waals surface area contributed by atoms with E-state index in [9.17, 15) is 26.4 Å². The fourth-order valence-electron chi connectivity index (χ4n) is 3.70. The standard InChI is InChI=1S/C28H30F3NO4S/c1-4-5-7-21-10-14-23(15-11-21)27(33)32(20(2)3)19-22-12-16-25(17-13-22)36-37(34,35)26-9-6-8-24(18-26)28(29,30)31/h6,8-18,20H,4-5,7,19H2,1-3H3. The van der Waals surface area contributed by atoms with Crippen molar-refractivity contribution in [1.82, 2.24) is 4.90 Å². The van der Waals surface area contributed by atoms with E-state index in [1.807, 2.05) is 38.1 Å². The van der Waals surface area contributed by atoms with Gasteiger partial charge in [-0.2, -0.15) is 21.6 Å². The van der Waals surface area contributed by atoms with Crippen molar-refractivity contribution in [2.45, 2.75) is 63.7 Å². The summed E-state index contributed by atoms with van der Waals surface area (Å²) in [6, 6.07) is 16.9. The maximum atomic E-state index is 13.2. The second-order valence-electron chi connectivity index (χ2n) is 9.03. The zero-order chi connectivity index (χ0) is 27.2. The normalized spacial score (nSPS) is 12.0. The lowest BCUT2D eigenvalue weighted by molar-refractivity contribution is -0.137. The summed E-state index contributed by atoms with van der Waals surface area (Å²) in [7, 11) is -4.47. The summed E-state index contributed by atoms with van der Waals surface area (Å²) in [5, 5.41) is 0. The van der Waals surface area contributed by atoms with Gasteiger partial charge in [-0.1, -0.05) is 43.7 Å². The molecule has 0 unspecified atom stereocenters. The van der Waals surface area contributed by atoms with Gasteiger partial charge in [-0.25, -0.2) is 0 Å². The van der Waals surface area contributed by atoms with E-state index in [0.29, 0.717) is 11.6 Å². The van der Waals surface area contributed by atoms with Crippen molar-refractivity contribution in [1.29, 1.82) is 0 Å². The predicted octanol–water partition coefficient (Wildman–Crippen LogP) is 6.87. The minimum atomic E-state index is -4.68. The Bertz CT molecular complexity index is 1300. The maximum Gasteiger partial charge on any atom is 0.416 e. The number of unbranched alkanes of at least 4 members (excludes halogenated alkanes) is 1. The molecular weight excluding hydrogens is 503 g/mol. The van der Waals surface area contributed by atoms with E-state index >= 15 is 0 Å². The molecule has 0 heterocycles. The van der Waals surface area contributed by atoms with E-state index in [-0.39, 0.29) is 24.2 Å². The summed E-state index contributed by atoms with van der Waals surface area (Å²) >= 11 is 0. The van der Waals surface area contributed by atoms with Gasteiger partial charge in [0.2, 0.25) is 0 Å². The number of amides is 1. The number of carbonyl (C=O) groups is 1. The van der Waals surface area contributed by atoms with Crippen LogP contribution in [0.15, 0.2) is 77.7 Å². The van der Waals surface area contributed by atoms with Crippen molar-refractivity contribution in [2.75, 3.05) is 0 Å². The van der Waals surface area contributed by atoms with Crippen molar-refractivity contribution in [3.8, 4) is 5.75 Å². The van der Waals surface area contributed by atoms with Crippen LogP contribution >= 0.6 is 0 Å². The van der Waals surface area contributed by atoms with Gasteiger partial charge in [0, 0.05) is 18.2 Å². The minimum Gasteiger partial charge on any atom is -0.379 e. The lowest BCUT2D eigenvalue weighted by Crippen LogP contribution is -2.36. The van der Waals surface area contributed by atoms with Crippen LogP contribution < -0.4 is 4.18 Å². The van der Waals surface area contributed by atoms with E-state index < -0.39 is 26.8 Å². The molecule has 198 valence electrons. The number of benzene rings is 3. The van der Waals surface area contributed by atoms with Gasteiger partial charge >= 0.3 is 16.3 Å². The fraction of sp³-hybridized carbons (Fsp3) is 0.321. The Morgan fingerprint density at radius 2 is 1.57 bits per heavy atom. The summed E-state index contributed by atoms with van der Waals surface area (Å²) in [6.07, 6.45) is -1.52. The van der Waals surface area contributed by atoms with E-state index in [2.05, 4.69) is 6.92 Å². The number of carbonyl (C=O) groups excluding carboxylic acids is 1. The summed E-state index contributed by atoms with van der Waals surface area (Å²) < 4.78 is 68.9. The first kappa shape index (κ1) is 28.2. The van der Waals surface area contributed by atoms with Gasteiger partial charge in [-0.15, -0.1) is 0 Å². The van der Waals surface area contributed by atoms with Crippen LogP contribution in [0.1, 0.15) is 60.7 Å². The summed E-state index contributed by atoms with van der Waals surface area (Å²) in [5.74, 6) is -0.171. The Balaban J connectivity index is 1.71. The Kier molecular flexibility index (Phi) is 9.02. The SMILES string of the molecule is CCCCc1ccc(C(=O)N(Cc2ccc(OS(=O)(=O)c3cccc(C(F)(F)F)c3)cc2)C(C)C)cc1. The molecular formula is C28H30F3NO4S. The summed E-state index contributed by atoms with van der Waals surface area (Å²) in [4.78, 5) is 14.3. The van der Waals surface area contributed by atoms with Crippen LogP contribution in [0.5, 0.6) is 5.75 Å². The number of nitrogens with zero attached hydrogens (tertiary/aromatic N) is 1. The first-order valence-corrected chi connectivity index (χ1v) is 13.4. The molecule has 3 rings (SSSR count). The van der Waals surface area contributed by atoms with Crippen molar-refractivity contribution >= 4 is 16.0 Å². The molecule has 0 N–H and O–H groups in total. The van der Waals surface area contributed by atoms with Gasteiger partial charge in [0.15, 0.2) is 0 Å². The number of halogens is 3. The third-order valence-electron chi connectivity index (χ3n) is 5.84. The van der Waals surface area contributed by atoms with Crippen LogP contribution in [0.2, 0.25) is 0 Å². The second kappa shape index (κ2) is 11.8. The number of hydrogen-bond acceptors (Lipinski definition) is 4. The molecule has 0 aliphatic heterocycles. The highest BCUT2D eigenvalue weighted by atomic mass is 32.2. The molecule has 3 aromatic carbocycles. The molecule has 1 amide bonds. The van der Waals surface area contributed by atoms with Gasteiger partial charge in [0.1, 0.15) is 10.6 Å². The highest BCUT2D eigenvalue weighted by molar-refractivity contribution is 7.87. The van der Waals surface area contributed by atoms with Crippen molar-refractivity contribution in [2.24, 2.45) is 0 Å². The van der Waals surface area contributed by atoms with Gasteiger partial charge in [-0.05, 0) is 80.3 Å². The topological polar surface area (TPSA) is 63.7 Å². The van der Waals surface area contributed by atoms with E-state index in [0.717, 1.165) is 43.0 Å². The smallest absolute Gasteiger partial charge is 0.379 e. The summed E-state index contributed by atoms with van der Waals surface area (Å²) in [6.45, 7) is 6.24. The Labute approximate surface area is 216 Å². The molecule has 0 fully saturated rings. The molecule has 0 radical (unpaired) electrons. The van der Waals surface area contributed by atoms with Crippen molar-refractivity contribution in [3.63, 3.8) is 0 Å². The average Bonchev–Trinajstić information content (AvgIpc) is 2.86. The summed E-state index contributed by atoms with van der Waals surface area (Å²) in [5.41, 5.74) is 1.43. The van der Waals surface area contributed by atoms with E-state index in [1.165, 1.54) is 17.7 Å². The first-order valence-electron chi connectivity index (χ1n) is 12.0. The quantitative estimate of drug-likeness (QED) is 0.267. The number of alkyl halides is 3. The maximum absolute atomic E-state index is 13.2. The molecule has 37 heavy (non-hydrogen) atoms. The Morgan fingerprint density at radius 1 is 0.946 bits per heavy atom. The average molecular weight is 534 g/mol. The Morgan fingerprint density at radius 3 is 2.14 bits per heavy atom. The molecule has 0 aliphatic rings. The lowest BCUT2D eigenvalue weighted by atomic mass is 10.0. The lowest BCUT2D eigenvalue weighted by Gasteiger charge is -2.27. The second-order valence-corrected chi connectivity index (χ2v) is 10.6. The molecule has 0 saturated carbocycles. The highest BCUT2D eigenvalue weighted by Gasteiger charge is 2.32. The van der Waals surface area contributed by atoms with Crippen molar-refractivity contribution in [3.05, 3.63) is 95.1 Å². The van der Waals surface area contributed by atoms with Gasteiger partial charge in [0.05, 0.1) is 5.56 Å². The van der Waals surface area contributed by atoms with Crippen molar-refractivity contribution < 1.29 is 30.6 Å². The van der Waals surface area contributed by atoms with Crippen LogP contribution in [0.3, 0.4) is 0 Å². The largest absolute Gasteiger partial charge is 0.416 e. The number of rotatable bonds is 10. The Hall–Kier alpha value is -3.33. The molecule has 5 nitrogen and oxygen atoms in total. The van der Waals surface area contributed by atoms with Crippen LogP contribution in [-0.4, -0.2) is 25.3 Å². The monoisotopic (exact) mass is 533 g/mol. The van der Waals surface area contributed by atoms with Crippen LogP contribution in [0.4, 0.5) is 13.2 Å². The zero-order valence-electron chi connectivity index (χ0n) is 21.0. The van der Waals surface area contributed by atoms with Crippen LogP contribution in [0, 0.1) is 0 Å². The molecule has 0 aliphatic carbocycles. The van der Waals surface area contributed by atoms with E-state index in [1.54, 1.807) is 17.0 Å². The van der Waals surface area contributed by atoms with Gasteiger partial charge in [0.25, 0.3) is 5.91 Å². The number of aryl methyl sites for hydroxylation is 1. The third-order valence-corrected chi connectivity index (χ3v) is 7.08. The van der Waals surface area contributed by atoms with Gasteiger partial charge in [-0.3, -0.25) is 4.79 Å². The fourth-order valence-corrected chi connectivity index (χ4v) is 4.68. The molecule has 0 saturated heterocycles. The molecule has 0 spiro atoms. The minimum absolute atomic E-state index is 0.0498. The van der Waals surface area contributed by atoms with Crippen LogP contribution in [-0.2, 0) is 29.3 Å². The zero-order valence-corrected chi connectivity index (χ0v) is 21.8. The predicted molar refractivity (Wildman–Crippen MR) is 136 cm³/mol. The molecule has 0 aromatic heterocycles. The van der Waals surface area contributed by atoms with Crippen LogP contribution in [0.25, 0.3) is 0 Å². The third kappa shape index (κ3) is 7.58. The highest BCUT2D eigenvalue weighted by Crippen LogP contribution is 2.31. The number of hydrogen-bond donors (Lipinski definition) is 0. The molecule has 9 heteroatoms. The van der Waals surface area contributed by atoms with E-state index in [4.69, 9.17) is 4.18 Å². The molecule has 0 bridgehead atoms. The molecule has 3 aromatic rings. The molecule has 0 atom stereocenters. The van der Waals surface area contributed by atoms with Gasteiger partial charge < -0.3 is 9.08 Å².